The van der Waals surface area contributed by atoms with Crippen molar-refractivity contribution in [1.29, 1.82) is 0 Å². The van der Waals surface area contributed by atoms with Gasteiger partial charge in [0.15, 0.2) is 0 Å². The Morgan fingerprint density at radius 2 is 2.16 bits per heavy atom. The van der Waals surface area contributed by atoms with Crippen LogP contribution in [-0.4, -0.2) is 36.3 Å². The van der Waals surface area contributed by atoms with Crippen molar-refractivity contribution in [2.45, 2.75) is 25.3 Å². The number of hydrogen-bond donors (Lipinski definition) is 3. The average molecular weight is 264 g/mol. The van der Waals surface area contributed by atoms with E-state index in [0.29, 0.717) is 43.7 Å². The van der Waals surface area contributed by atoms with Gasteiger partial charge in [-0.25, -0.2) is 0 Å². The zero-order valence-corrected chi connectivity index (χ0v) is 11.1. The van der Waals surface area contributed by atoms with Crippen LogP contribution >= 0.6 is 0 Å². The Kier molecular flexibility index (Phi) is 4.07. The topological polar surface area (TPSA) is 84.6 Å². The number of ether oxygens (including phenoxy) is 1. The van der Waals surface area contributed by atoms with Crippen LogP contribution in [0.5, 0.6) is 5.75 Å². The molecule has 1 fully saturated rings. The molecule has 0 unspecified atom stereocenters. The molecule has 0 saturated carbocycles. The molecule has 5 heteroatoms. The zero-order valence-electron chi connectivity index (χ0n) is 11.1. The van der Waals surface area contributed by atoms with E-state index in [2.05, 4.69) is 5.32 Å². The van der Waals surface area contributed by atoms with Crippen molar-refractivity contribution < 1.29 is 14.6 Å². The Morgan fingerprint density at radius 1 is 1.47 bits per heavy atom. The van der Waals surface area contributed by atoms with Gasteiger partial charge in [-0.2, -0.15) is 0 Å². The Balaban J connectivity index is 2.17. The first-order valence-corrected chi connectivity index (χ1v) is 6.47. The minimum Gasteiger partial charge on any atom is -0.507 e. The number of nitrogens with two attached hydrogens (primary N) is 1. The molecule has 1 amide bonds. The summed E-state index contributed by atoms with van der Waals surface area (Å²) in [6.07, 6.45) is 1.39. The molecule has 0 aromatic heterocycles. The number of benzene rings is 1. The van der Waals surface area contributed by atoms with Crippen LogP contribution in [0.1, 0.15) is 28.8 Å². The number of phenolic OH excluding ortho intramolecular Hbond substituents is 1. The minimum absolute atomic E-state index is 0.0271. The molecule has 2 rings (SSSR count). The number of hydrogen-bond acceptors (Lipinski definition) is 4. The Hall–Kier alpha value is -1.59. The van der Waals surface area contributed by atoms with Gasteiger partial charge in [0.25, 0.3) is 5.91 Å². The first-order chi connectivity index (χ1) is 9.08. The molecule has 1 aliphatic heterocycles. The maximum atomic E-state index is 12.3. The predicted octanol–water partition coefficient (Wildman–Crippen LogP) is 0.938. The monoisotopic (exact) mass is 264 g/mol. The van der Waals surface area contributed by atoms with Crippen LogP contribution in [0.4, 0.5) is 0 Å². The number of para-hydroxylation sites is 1. The van der Waals surface area contributed by atoms with Crippen LogP contribution < -0.4 is 11.1 Å². The maximum Gasteiger partial charge on any atom is 0.255 e. The summed E-state index contributed by atoms with van der Waals surface area (Å²) in [7, 11) is 0. The molecule has 104 valence electrons. The maximum absolute atomic E-state index is 12.3. The molecule has 5 nitrogen and oxygen atoms in total. The number of carbonyl (C=O) groups excluding carboxylic acids is 1. The number of rotatable bonds is 3. The van der Waals surface area contributed by atoms with Gasteiger partial charge >= 0.3 is 0 Å². The summed E-state index contributed by atoms with van der Waals surface area (Å²) in [6.45, 7) is 3.32. The molecule has 0 aliphatic carbocycles. The van der Waals surface area contributed by atoms with Crippen molar-refractivity contribution in [3.63, 3.8) is 0 Å². The first-order valence-electron chi connectivity index (χ1n) is 6.47. The Morgan fingerprint density at radius 3 is 2.79 bits per heavy atom. The normalized spacial score (nSPS) is 18.0. The number of nitrogens with one attached hydrogen (secondary N) is 1. The quantitative estimate of drug-likeness (QED) is 0.758. The van der Waals surface area contributed by atoms with Crippen molar-refractivity contribution >= 4 is 5.91 Å². The van der Waals surface area contributed by atoms with E-state index in [1.807, 2.05) is 0 Å². The molecule has 4 N–H and O–H groups in total. The van der Waals surface area contributed by atoms with Gasteiger partial charge in [-0.3, -0.25) is 4.79 Å². The average Bonchev–Trinajstić information content (AvgIpc) is 2.42. The van der Waals surface area contributed by atoms with E-state index in [1.54, 1.807) is 25.1 Å². The summed E-state index contributed by atoms with van der Waals surface area (Å²) in [5.74, 6) is -0.257. The highest BCUT2D eigenvalue weighted by atomic mass is 16.5. The van der Waals surface area contributed by atoms with Crippen LogP contribution in [0.3, 0.4) is 0 Å². The minimum atomic E-state index is -0.425. The van der Waals surface area contributed by atoms with E-state index in [4.69, 9.17) is 10.5 Å². The molecular formula is C14H20N2O3. The third-order valence-electron chi connectivity index (χ3n) is 3.70. The second-order valence-electron chi connectivity index (χ2n) is 5.02. The molecule has 1 aromatic carbocycles. The van der Waals surface area contributed by atoms with Crippen LogP contribution in [0, 0.1) is 6.92 Å². The highest BCUT2D eigenvalue weighted by Crippen LogP contribution is 2.24. The molecule has 1 aliphatic rings. The molecular weight excluding hydrogens is 244 g/mol. The number of amides is 1. The second kappa shape index (κ2) is 5.59. The number of aryl methyl sites for hydroxylation is 1. The largest absolute Gasteiger partial charge is 0.507 e. The lowest BCUT2D eigenvalue weighted by atomic mass is 9.89. The highest BCUT2D eigenvalue weighted by molar-refractivity contribution is 5.97. The van der Waals surface area contributed by atoms with E-state index >= 15 is 0 Å². The number of carbonyl (C=O) groups is 1. The van der Waals surface area contributed by atoms with E-state index in [-0.39, 0.29) is 11.7 Å². The van der Waals surface area contributed by atoms with E-state index in [1.165, 1.54) is 0 Å². The fourth-order valence-corrected chi connectivity index (χ4v) is 2.29. The fraction of sp³-hybridized carbons (Fsp3) is 0.500. The van der Waals surface area contributed by atoms with Gasteiger partial charge in [-0.15, -0.1) is 0 Å². The Labute approximate surface area is 112 Å². The third-order valence-corrected chi connectivity index (χ3v) is 3.70. The third kappa shape index (κ3) is 2.88. The molecule has 0 spiro atoms. The summed E-state index contributed by atoms with van der Waals surface area (Å²) < 4.78 is 5.30. The van der Waals surface area contributed by atoms with Crippen molar-refractivity contribution in [3.8, 4) is 5.75 Å². The number of phenols is 1. The SMILES string of the molecule is Cc1cccc(C(=O)NC2(CN)CCOCC2)c1O. The second-order valence-corrected chi connectivity index (χ2v) is 5.02. The summed E-state index contributed by atoms with van der Waals surface area (Å²) in [6, 6.07) is 5.13. The number of aromatic hydroxyl groups is 1. The van der Waals surface area contributed by atoms with Crippen molar-refractivity contribution in [1.82, 2.24) is 5.32 Å². The van der Waals surface area contributed by atoms with Gasteiger partial charge in [0.2, 0.25) is 0 Å². The molecule has 19 heavy (non-hydrogen) atoms. The first kappa shape index (κ1) is 13.8. The van der Waals surface area contributed by atoms with Crippen LogP contribution in [-0.2, 0) is 4.74 Å². The highest BCUT2D eigenvalue weighted by Gasteiger charge is 2.33. The van der Waals surface area contributed by atoms with Crippen LogP contribution in [0.2, 0.25) is 0 Å². The molecule has 0 radical (unpaired) electrons. The van der Waals surface area contributed by atoms with Crippen LogP contribution in [0.15, 0.2) is 18.2 Å². The van der Waals surface area contributed by atoms with Gasteiger partial charge in [0, 0.05) is 19.8 Å². The van der Waals surface area contributed by atoms with E-state index in [9.17, 15) is 9.90 Å². The fourth-order valence-electron chi connectivity index (χ4n) is 2.29. The predicted molar refractivity (Wildman–Crippen MR) is 72.1 cm³/mol. The smallest absolute Gasteiger partial charge is 0.255 e. The molecule has 1 aromatic rings. The summed E-state index contributed by atoms with van der Waals surface area (Å²) in [5.41, 5.74) is 6.35. The van der Waals surface area contributed by atoms with Gasteiger partial charge < -0.3 is 20.9 Å². The van der Waals surface area contributed by atoms with Gasteiger partial charge in [0.05, 0.1) is 11.1 Å². The zero-order chi connectivity index (χ0) is 13.9. The van der Waals surface area contributed by atoms with Crippen LogP contribution in [0.25, 0.3) is 0 Å². The van der Waals surface area contributed by atoms with E-state index in [0.717, 1.165) is 0 Å². The lowest BCUT2D eigenvalue weighted by molar-refractivity contribution is 0.0388. The lowest BCUT2D eigenvalue weighted by Crippen LogP contribution is -2.56. The molecule has 0 bridgehead atoms. The van der Waals surface area contributed by atoms with E-state index < -0.39 is 5.54 Å². The van der Waals surface area contributed by atoms with Crippen molar-refractivity contribution in [2.75, 3.05) is 19.8 Å². The standard InChI is InChI=1S/C14H20N2O3/c1-10-3-2-4-11(12(10)17)13(18)16-14(9-15)5-7-19-8-6-14/h2-4,17H,5-9,15H2,1H3,(H,16,18). The molecule has 1 saturated heterocycles. The summed E-state index contributed by atoms with van der Waals surface area (Å²) in [5, 5.41) is 12.9. The summed E-state index contributed by atoms with van der Waals surface area (Å²) in [4.78, 5) is 12.3. The summed E-state index contributed by atoms with van der Waals surface area (Å²) >= 11 is 0. The lowest BCUT2D eigenvalue weighted by Gasteiger charge is -2.37. The van der Waals surface area contributed by atoms with Gasteiger partial charge in [-0.1, -0.05) is 12.1 Å². The van der Waals surface area contributed by atoms with Gasteiger partial charge in [0.1, 0.15) is 5.75 Å². The molecule has 0 atom stereocenters. The van der Waals surface area contributed by atoms with Crippen molar-refractivity contribution in [2.24, 2.45) is 5.73 Å². The van der Waals surface area contributed by atoms with Crippen molar-refractivity contribution in [3.05, 3.63) is 29.3 Å². The van der Waals surface area contributed by atoms with Gasteiger partial charge in [-0.05, 0) is 31.4 Å². The molecule has 1 heterocycles. The Bertz CT molecular complexity index is 468.